The molecule has 0 radical (unpaired) electrons. The van der Waals surface area contributed by atoms with Crippen molar-refractivity contribution in [2.45, 2.75) is 6.04 Å². The maximum Gasteiger partial charge on any atom is 0.239 e. The molecule has 1 aromatic rings. The Morgan fingerprint density at radius 3 is 2.67 bits per heavy atom. The zero-order chi connectivity index (χ0) is 14.7. The van der Waals surface area contributed by atoms with Crippen LogP contribution in [0.15, 0.2) is 22.8 Å². The molecule has 0 unspecified atom stereocenters. The molecule has 21 heavy (non-hydrogen) atoms. The van der Waals surface area contributed by atoms with Gasteiger partial charge in [-0.3, -0.25) is 14.6 Å². The highest BCUT2D eigenvalue weighted by Crippen LogP contribution is 2.11. The van der Waals surface area contributed by atoms with Crippen molar-refractivity contribution < 1.29 is 4.79 Å². The van der Waals surface area contributed by atoms with E-state index in [2.05, 4.69) is 41.3 Å². The van der Waals surface area contributed by atoms with Crippen LogP contribution in [0.2, 0.25) is 0 Å². The SMILES string of the molecule is O=C(CN1CCN(C2CNC2)CC1)Nc1ccc(Br)cn1. The Labute approximate surface area is 133 Å². The van der Waals surface area contributed by atoms with E-state index < -0.39 is 0 Å². The van der Waals surface area contributed by atoms with Crippen LogP contribution in [0.25, 0.3) is 0 Å². The fourth-order valence-corrected chi connectivity index (χ4v) is 2.89. The van der Waals surface area contributed by atoms with Gasteiger partial charge in [-0.1, -0.05) is 0 Å². The average molecular weight is 354 g/mol. The van der Waals surface area contributed by atoms with E-state index in [1.54, 1.807) is 12.3 Å². The third kappa shape index (κ3) is 4.00. The number of hydrogen-bond acceptors (Lipinski definition) is 5. The minimum Gasteiger partial charge on any atom is -0.314 e. The van der Waals surface area contributed by atoms with Crippen molar-refractivity contribution >= 4 is 27.7 Å². The largest absolute Gasteiger partial charge is 0.314 e. The second-order valence-electron chi connectivity index (χ2n) is 5.53. The van der Waals surface area contributed by atoms with Gasteiger partial charge in [0, 0.05) is 56.0 Å². The molecule has 0 aromatic carbocycles. The number of pyridine rings is 1. The van der Waals surface area contributed by atoms with Crippen LogP contribution in [0.3, 0.4) is 0 Å². The summed E-state index contributed by atoms with van der Waals surface area (Å²) in [6.45, 7) is 6.67. The molecule has 0 bridgehead atoms. The van der Waals surface area contributed by atoms with E-state index in [-0.39, 0.29) is 5.91 Å². The van der Waals surface area contributed by atoms with Gasteiger partial charge < -0.3 is 10.6 Å². The number of carbonyl (C=O) groups excluding carboxylic acids is 1. The fourth-order valence-electron chi connectivity index (χ4n) is 2.65. The number of aromatic nitrogens is 1. The Kier molecular flexibility index (Phi) is 4.84. The van der Waals surface area contributed by atoms with Gasteiger partial charge in [0.15, 0.2) is 0 Å². The first kappa shape index (κ1) is 14.9. The number of hydrogen-bond donors (Lipinski definition) is 2. The lowest BCUT2D eigenvalue weighted by Gasteiger charge is -2.43. The molecule has 1 amide bonds. The van der Waals surface area contributed by atoms with Crippen molar-refractivity contribution in [1.29, 1.82) is 0 Å². The van der Waals surface area contributed by atoms with Gasteiger partial charge in [-0.25, -0.2) is 4.98 Å². The Bertz CT molecular complexity index is 483. The summed E-state index contributed by atoms with van der Waals surface area (Å²) in [5.41, 5.74) is 0. The molecule has 3 heterocycles. The van der Waals surface area contributed by atoms with E-state index in [4.69, 9.17) is 0 Å². The lowest BCUT2D eigenvalue weighted by Crippen LogP contribution is -2.61. The number of amides is 1. The van der Waals surface area contributed by atoms with Crippen LogP contribution in [0.4, 0.5) is 5.82 Å². The van der Waals surface area contributed by atoms with Gasteiger partial charge in [0.2, 0.25) is 5.91 Å². The molecule has 3 rings (SSSR count). The summed E-state index contributed by atoms with van der Waals surface area (Å²) < 4.78 is 0.905. The summed E-state index contributed by atoms with van der Waals surface area (Å²) in [5, 5.41) is 6.14. The summed E-state index contributed by atoms with van der Waals surface area (Å²) in [7, 11) is 0. The maximum atomic E-state index is 12.0. The molecule has 2 aliphatic heterocycles. The number of anilines is 1. The van der Waals surface area contributed by atoms with Crippen LogP contribution in [0.5, 0.6) is 0 Å². The number of carbonyl (C=O) groups is 1. The van der Waals surface area contributed by atoms with Crippen LogP contribution in [0.1, 0.15) is 0 Å². The normalized spacial score (nSPS) is 21.0. The second-order valence-corrected chi connectivity index (χ2v) is 6.45. The smallest absolute Gasteiger partial charge is 0.239 e. The van der Waals surface area contributed by atoms with Gasteiger partial charge in [0.05, 0.1) is 6.54 Å². The summed E-state index contributed by atoms with van der Waals surface area (Å²) >= 11 is 3.33. The first-order valence-corrected chi connectivity index (χ1v) is 8.08. The molecule has 1 aromatic heterocycles. The first-order valence-electron chi connectivity index (χ1n) is 7.29. The van der Waals surface area contributed by atoms with E-state index in [1.165, 1.54) is 0 Å². The van der Waals surface area contributed by atoms with E-state index in [0.717, 1.165) is 43.7 Å². The molecule has 114 valence electrons. The Morgan fingerprint density at radius 2 is 2.10 bits per heavy atom. The van der Waals surface area contributed by atoms with Gasteiger partial charge in [-0.2, -0.15) is 0 Å². The summed E-state index contributed by atoms with van der Waals surface area (Å²) in [6.07, 6.45) is 1.68. The number of nitrogens with zero attached hydrogens (tertiary/aromatic N) is 3. The highest BCUT2D eigenvalue weighted by atomic mass is 79.9. The van der Waals surface area contributed by atoms with Gasteiger partial charge in [0.1, 0.15) is 5.82 Å². The van der Waals surface area contributed by atoms with E-state index in [1.807, 2.05) is 6.07 Å². The topological polar surface area (TPSA) is 60.5 Å². The summed E-state index contributed by atoms with van der Waals surface area (Å²) in [5.74, 6) is 0.603. The lowest BCUT2D eigenvalue weighted by molar-refractivity contribution is -0.117. The van der Waals surface area contributed by atoms with Gasteiger partial charge in [-0.15, -0.1) is 0 Å². The molecule has 0 saturated carbocycles. The van der Waals surface area contributed by atoms with E-state index >= 15 is 0 Å². The molecule has 2 aliphatic rings. The van der Waals surface area contributed by atoms with Crippen LogP contribution in [-0.4, -0.2) is 72.5 Å². The number of halogens is 1. The molecule has 2 fully saturated rings. The highest BCUT2D eigenvalue weighted by molar-refractivity contribution is 9.10. The molecule has 6 nitrogen and oxygen atoms in total. The van der Waals surface area contributed by atoms with Crippen molar-refractivity contribution in [2.75, 3.05) is 51.1 Å². The van der Waals surface area contributed by atoms with Crippen molar-refractivity contribution in [3.8, 4) is 0 Å². The molecule has 2 N–H and O–H groups in total. The number of nitrogens with one attached hydrogen (secondary N) is 2. The van der Waals surface area contributed by atoms with Crippen LogP contribution in [0, 0.1) is 0 Å². The molecule has 7 heteroatoms. The van der Waals surface area contributed by atoms with E-state index in [9.17, 15) is 4.79 Å². The monoisotopic (exact) mass is 353 g/mol. The quantitative estimate of drug-likeness (QED) is 0.818. The molecule has 0 atom stereocenters. The Morgan fingerprint density at radius 1 is 1.33 bits per heavy atom. The highest BCUT2D eigenvalue weighted by Gasteiger charge is 2.28. The number of rotatable bonds is 4. The predicted octanol–water partition coefficient (Wildman–Crippen LogP) is 0.372. The summed E-state index contributed by atoms with van der Waals surface area (Å²) in [6, 6.07) is 4.37. The molecule has 0 aliphatic carbocycles. The average Bonchev–Trinajstić information content (AvgIpc) is 2.42. The second kappa shape index (κ2) is 6.83. The zero-order valence-corrected chi connectivity index (χ0v) is 13.5. The Balaban J connectivity index is 1.42. The molecular formula is C14H20BrN5O. The zero-order valence-electron chi connectivity index (χ0n) is 11.9. The number of piperazine rings is 1. The van der Waals surface area contributed by atoms with Crippen molar-refractivity contribution in [3.63, 3.8) is 0 Å². The van der Waals surface area contributed by atoms with Crippen molar-refractivity contribution in [3.05, 3.63) is 22.8 Å². The molecule has 0 spiro atoms. The van der Waals surface area contributed by atoms with Crippen LogP contribution >= 0.6 is 15.9 Å². The summed E-state index contributed by atoms with van der Waals surface area (Å²) in [4.78, 5) is 20.9. The van der Waals surface area contributed by atoms with Gasteiger partial charge >= 0.3 is 0 Å². The van der Waals surface area contributed by atoms with Crippen molar-refractivity contribution in [1.82, 2.24) is 20.1 Å². The first-order chi connectivity index (χ1) is 10.2. The molecular weight excluding hydrogens is 334 g/mol. The van der Waals surface area contributed by atoms with Gasteiger partial charge in [-0.05, 0) is 28.1 Å². The minimum absolute atomic E-state index is 0.00332. The van der Waals surface area contributed by atoms with E-state index in [0.29, 0.717) is 18.4 Å². The molecule has 2 saturated heterocycles. The van der Waals surface area contributed by atoms with Gasteiger partial charge in [0.25, 0.3) is 0 Å². The minimum atomic E-state index is 0.00332. The van der Waals surface area contributed by atoms with Crippen LogP contribution in [-0.2, 0) is 4.79 Å². The Hall–Kier alpha value is -1.02. The van der Waals surface area contributed by atoms with Crippen molar-refractivity contribution in [2.24, 2.45) is 0 Å². The predicted molar refractivity (Wildman–Crippen MR) is 85.2 cm³/mol. The third-order valence-electron chi connectivity index (χ3n) is 4.05. The third-order valence-corrected chi connectivity index (χ3v) is 4.51. The standard InChI is InChI=1S/C14H20BrN5O/c15-11-1-2-13(17-7-11)18-14(21)10-19-3-5-20(6-4-19)12-8-16-9-12/h1-2,7,12,16H,3-6,8-10H2,(H,17,18,21). The fraction of sp³-hybridized carbons (Fsp3) is 0.571. The maximum absolute atomic E-state index is 12.0. The van der Waals surface area contributed by atoms with Crippen LogP contribution < -0.4 is 10.6 Å². The lowest BCUT2D eigenvalue weighted by atomic mass is 10.1.